The van der Waals surface area contributed by atoms with Gasteiger partial charge in [0.15, 0.2) is 0 Å². The summed E-state index contributed by atoms with van der Waals surface area (Å²) in [6.45, 7) is 6.24. The fraction of sp³-hybridized carbons (Fsp3) is 0.167. The number of hydrogen-bond acceptors (Lipinski definition) is 4. The van der Waals surface area contributed by atoms with Gasteiger partial charge in [-0.1, -0.05) is 83.9 Å². The molecule has 5 rings (SSSR count). The van der Waals surface area contributed by atoms with Crippen molar-refractivity contribution in [3.63, 3.8) is 0 Å². The van der Waals surface area contributed by atoms with Crippen molar-refractivity contribution in [2.45, 2.75) is 40.3 Å². The zero-order chi connectivity index (χ0) is 27.6. The van der Waals surface area contributed by atoms with Crippen LogP contribution in [0.1, 0.15) is 33.4 Å². The Kier molecular flexibility index (Phi) is 9.00. The van der Waals surface area contributed by atoms with Crippen molar-refractivity contribution in [3.8, 4) is 23.0 Å². The van der Waals surface area contributed by atoms with Gasteiger partial charge >= 0.3 is 0 Å². The highest BCUT2D eigenvalue weighted by molar-refractivity contribution is 5.34. The van der Waals surface area contributed by atoms with E-state index in [1.54, 1.807) is 0 Å². The molecule has 40 heavy (non-hydrogen) atoms. The van der Waals surface area contributed by atoms with Crippen molar-refractivity contribution >= 4 is 0 Å². The summed E-state index contributed by atoms with van der Waals surface area (Å²) in [7, 11) is 0. The molecular weight excluding hydrogens is 496 g/mol. The van der Waals surface area contributed by atoms with Crippen LogP contribution in [-0.2, 0) is 26.4 Å². The summed E-state index contributed by atoms with van der Waals surface area (Å²) in [5.41, 5.74) is 6.98. The van der Waals surface area contributed by atoms with Gasteiger partial charge in [-0.15, -0.1) is 0 Å². The molecule has 0 saturated carbocycles. The molecule has 4 nitrogen and oxygen atoms in total. The highest BCUT2D eigenvalue weighted by Gasteiger charge is 2.02. The van der Waals surface area contributed by atoms with Crippen molar-refractivity contribution < 1.29 is 18.9 Å². The highest BCUT2D eigenvalue weighted by Crippen LogP contribution is 2.22. The van der Waals surface area contributed by atoms with E-state index in [9.17, 15) is 0 Å². The molecule has 4 heteroatoms. The molecule has 0 spiro atoms. The molecule has 0 unspecified atom stereocenters. The second kappa shape index (κ2) is 13.4. The molecule has 0 atom stereocenters. The monoisotopic (exact) mass is 530 g/mol. The van der Waals surface area contributed by atoms with Gasteiger partial charge in [-0.05, 0) is 84.6 Å². The topological polar surface area (TPSA) is 36.9 Å². The molecule has 0 aromatic heterocycles. The minimum atomic E-state index is 0.495. The zero-order valence-electron chi connectivity index (χ0n) is 23.0. The summed E-state index contributed by atoms with van der Waals surface area (Å²) < 4.78 is 23.7. The first-order valence-electron chi connectivity index (χ1n) is 13.5. The van der Waals surface area contributed by atoms with Crippen LogP contribution in [0.4, 0.5) is 0 Å². The SMILES string of the molecule is Cc1ccc(COc2ccc(OCc3ccc(COc4ccc(OCc5ccc(C)cc5)cc4)cc3)cc2)cc1. The van der Waals surface area contributed by atoms with Crippen LogP contribution >= 0.6 is 0 Å². The van der Waals surface area contributed by atoms with E-state index in [1.807, 2.05) is 48.5 Å². The second-order valence-corrected chi connectivity index (χ2v) is 9.89. The lowest BCUT2D eigenvalue weighted by Gasteiger charge is -2.11. The molecule has 202 valence electrons. The van der Waals surface area contributed by atoms with Crippen molar-refractivity contribution in [1.29, 1.82) is 0 Å². The minimum Gasteiger partial charge on any atom is -0.489 e. The number of ether oxygens (including phenoxy) is 4. The van der Waals surface area contributed by atoms with E-state index in [0.29, 0.717) is 26.4 Å². The van der Waals surface area contributed by atoms with E-state index >= 15 is 0 Å². The summed E-state index contributed by atoms with van der Waals surface area (Å²) in [5, 5.41) is 0. The standard InChI is InChI=1S/C36H34O4/c1-27-3-7-29(8-4-27)23-37-33-15-19-35(20-16-33)39-25-31-11-13-32(14-12-31)26-40-36-21-17-34(18-22-36)38-24-30-9-5-28(2)6-10-30/h3-22H,23-26H2,1-2H3. The van der Waals surface area contributed by atoms with E-state index in [-0.39, 0.29) is 0 Å². The third kappa shape index (κ3) is 8.15. The molecule has 0 aliphatic carbocycles. The summed E-state index contributed by atoms with van der Waals surface area (Å²) in [5.74, 6) is 3.26. The molecule has 0 saturated heterocycles. The maximum absolute atomic E-state index is 5.96. The largest absolute Gasteiger partial charge is 0.489 e. The van der Waals surface area contributed by atoms with E-state index in [1.165, 1.54) is 11.1 Å². The quantitative estimate of drug-likeness (QED) is 0.162. The van der Waals surface area contributed by atoms with E-state index in [2.05, 4.69) is 86.6 Å². The molecule has 0 N–H and O–H groups in total. The summed E-state index contributed by atoms with van der Waals surface area (Å²) >= 11 is 0. The predicted molar refractivity (Wildman–Crippen MR) is 159 cm³/mol. The van der Waals surface area contributed by atoms with E-state index in [0.717, 1.165) is 45.3 Å². The number of hydrogen-bond donors (Lipinski definition) is 0. The molecule has 5 aromatic carbocycles. The van der Waals surface area contributed by atoms with Crippen LogP contribution < -0.4 is 18.9 Å². The second-order valence-electron chi connectivity index (χ2n) is 9.89. The first kappa shape index (κ1) is 26.9. The number of aryl methyl sites for hydroxylation is 2. The Balaban J connectivity index is 1.03. The van der Waals surface area contributed by atoms with Crippen molar-refractivity contribution in [2.75, 3.05) is 0 Å². The smallest absolute Gasteiger partial charge is 0.120 e. The van der Waals surface area contributed by atoms with E-state index in [4.69, 9.17) is 18.9 Å². The van der Waals surface area contributed by atoms with E-state index < -0.39 is 0 Å². The van der Waals surface area contributed by atoms with Gasteiger partial charge in [0.2, 0.25) is 0 Å². The molecule has 0 amide bonds. The Morgan fingerprint density at radius 3 is 0.725 bits per heavy atom. The van der Waals surface area contributed by atoms with Gasteiger partial charge in [0.1, 0.15) is 49.4 Å². The first-order chi connectivity index (χ1) is 19.6. The van der Waals surface area contributed by atoms with Gasteiger partial charge in [0.25, 0.3) is 0 Å². The molecule has 0 aliphatic heterocycles. The maximum atomic E-state index is 5.96. The summed E-state index contributed by atoms with van der Waals surface area (Å²) in [4.78, 5) is 0. The number of benzene rings is 5. The average Bonchev–Trinajstić information content (AvgIpc) is 3.00. The Bertz CT molecular complexity index is 1340. The molecule has 5 aromatic rings. The Labute approximate surface area is 236 Å². The number of rotatable bonds is 12. The molecule has 0 radical (unpaired) electrons. The lowest BCUT2D eigenvalue weighted by Crippen LogP contribution is -1.99. The Morgan fingerprint density at radius 2 is 0.500 bits per heavy atom. The summed E-state index contributed by atoms with van der Waals surface area (Å²) in [6, 6.07) is 40.5. The average molecular weight is 531 g/mol. The molecule has 0 aliphatic rings. The first-order valence-corrected chi connectivity index (χ1v) is 13.5. The predicted octanol–water partition coefficient (Wildman–Crippen LogP) is 8.62. The fourth-order valence-electron chi connectivity index (χ4n) is 4.03. The van der Waals surface area contributed by atoms with Crippen molar-refractivity contribution in [3.05, 3.63) is 155 Å². The maximum Gasteiger partial charge on any atom is 0.120 e. The van der Waals surface area contributed by atoms with Crippen molar-refractivity contribution in [1.82, 2.24) is 0 Å². The third-order valence-corrected chi connectivity index (χ3v) is 6.53. The molecular formula is C36H34O4. The van der Waals surface area contributed by atoms with Gasteiger partial charge < -0.3 is 18.9 Å². The van der Waals surface area contributed by atoms with Crippen LogP contribution in [0.25, 0.3) is 0 Å². The lowest BCUT2D eigenvalue weighted by atomic mass is 10.1. The van der Waals surface area contributed by atoms with Crippen LogP contribution in [-0.4, -0.2) is 0 Å². The Hall–Kier alpha value is -4.70. The minimum absolute atomic E-state index is 0.495. The molecule has 0 heterocycles. The normalized spacial score (nSPS) is 10.7. The molecule has 0 bridgehead atoms. The van der Waals surface area contributed by atoms with Crippen LogP contribution in [0.5, 0.6) is 23.0 Å². The van der Waals surface area contributed by atoms with Crippen LogP contribution in [0.3, 0.4) is 0 Å². The van der Waals surface area contributed by atoms with Gasteiger partial charge in [-0.2, -0.15) is 0 Å². The highest BCUT2D eigenvalue weighted by atomic mass is 16.5. The van der Waals surface area contributed by atoms with Crippen LogP contribution in [0.2, 0.25) is 0 Å². The van der Waals surface area contributed by atoms with Gasteiger partial charge in [0.05, 0.1) is 0 Å². The van der Waals surface area contributed by atoms with Crippen LogP contribution in [0, 0.1) is 13.8 Å². The van der Waals surface area contributed by atoms with Crippen LogP contribution in [0.15, 0.2) is 121 Å². The van der Waals surface area contributed by atoms with Crippen molar-refractivity contribution in [2.24, 2.45) is 0 Å². The molecule has 0 fully saturated rings. The zero-order valence-corrected chi connectivity index (χ0v) is 23.0. The fourth-order valence-corrected chi connectivity index (χ4v) is 4.03. The van der Waals surface area contributed by atoms with Gasteiger partial charge in [-0.3, -0.25) is 0 Å². The summed E-state index contributed by atoms with van der Waals surface area (Å²) in [6.07, 6.45) is 0. The van der Waals surface area contributed by atoms with Gasteiger partial charge in [0, 0.05) is 0 Å². The lowest BCUT2D eigenvalue weighted by molar-refractivity contribution is 0.295. The Morgan fingerprint density at radius 1 is 0.300 bits per heavy atom. The van der Waals surface area contributed by atoms with Gasteiger partial charge in [-0.25, -0.2) is 0 Å². The third-order valence-electron chi connectivity index (χ3n) is 6.53.